The van der Waals surface area contributed by atoms with Gasteiger partial charge < -0.3 is 10.1 Å². The van der Waals surface area contributed by atoms with Crippen LogP contribution in [0.15, 0.2) is 24.3 Å². The first-order valence-corrected chi connectivity index (χ1v) is 6.62. The van der Waals surface area contributed by atoms with Crippen LogP contribution in [0.4, 0.5) is 5.82 Å². The average molecular weight is 318 g/mol. The van der Waals surface area contributed by atoms with Crippen molar-refractivity contribution in [1.29, 1.82) is 0 Å². The van der Waals surface area contributed by atoms with Crippen molar-refractivity contribution < 1.29 is 4.74 Å². The number of anilines is 1. The molecule has 0 radical (unpaired) electrons. The summed E-state index contributed by atoms with van der Waals surface area (Å²) in [7, 11) is 1.72. The van der Waals surface area contributed by atoms with Gasteiger partial charge in [-0.25, -0.2) is 0 Å². The standard InChI is InChI=1S/C13H11Cl3N2O/c1-7-3-4-8(14)5-11(7)19-13-10(16)6-9(15)12(17-2)18-13/h3-6H,1-2H3,(H,17,18). The number of nitrogens with zero attached hydrogens (tertiary/aromatic N) is 1. The van der Waals surface area contributed by atoms with Crippen molar-refractivity contribution in [2.24, 2.45) is 0 Å². The molecular weight excluding hydrogens is 307 g/mol. The van der Waals surface area contributed by atoms with Crippen LogP contribution in [0.2, 0.25) is 15.1 Å². The SMILES string of the molecule is CNc1nc(Oc2cc(Cl)ccc2C)c(Cl)cc1Cl. The van der Waals surface area contributed by atoms with Crippen LogP contribution in [0.25, 0.3) is 0 Å². The van der Waals surface area contributed by atoms with E-state index in [1.807, 2.05) is 13.0 Å². The van der Waals surface area contributed by atoms with Gasteiger partial charge in [0, 0.05) is 12.1 Å². The molecule has 2 rings (SSSR count). The third-order valence-electron chi connectivity index (χ3n) is 2.49. The number of ether oxygens (including phenoxy) is 1. The van der Waals surface area contributed by atoms with Crippen LogP contribution in [0.1, 0.15) is 5.56 Å². The van der Waals surface area contributed by atoms with Crippen molar-refractivity contribution >= 4 is 40.6 Å². The van der Waals surface area contributed by atoms with Crippen LogP contribution < -0.4 is 10.1 Å². The van der Waals surface area contributed by atoms with E-state index in [-0.39, 0.29) is 5.88 Å². The quantitative estimate of drug-likeness (QED) is 0.846. The van der Waals surface area contributed by atoms with Gasteiger partial charge in [0.15, 0.2) is 0 Å². The molecule has 0 saturated heterocycles. The van der Waals surface area contributed by atoms with Gasteiger partial charge in [0.05, 0.1) is 5.02 Å². The van der Waals surface area contributed by atoms with E-state index < -0.39 is 0 Å². The van der Waals surface area contributed by atoms with Crippen molar-refractivity contribution in [3.8, 4) is 11.6 Å². The van der Waals surface area contributed by atoms with Crippen molar-refractivity contribution in [2.75, 3.05) is 12.4 Å². The van der Waals surface area contributed by atoms with Gasteiger partial charge in [-0.05, 0) is 30.7 Å². The highest BCUT2D eigenvalue weighted by molar-refractivity contribution is 6.36. The fraction of sp³-hybridized carbons (Fsp3) is 0.154. The molecule has 100 valence electrons. The first-order valence-electron chi connectivity index (χ1n) is 5.49. The van der Waals surface area contributed by atoms with E-state index in [2.05, 4.69) is 10.3 Å². The molecule has 1 aromatic carbocycles. The van der Waals surface area contributed by atoms with Gasteiger partial charge in [-0.3, -0.25) is 0 Å². The summed E-state index contributed by atoms with van der Waals surface area (Å²) in [6.07, 6.45) is 0. The van der Waals surface area contributed by atoms with Gasteiger partial charge in [0.1, 0.15) is 16.6 Å². The molecule has 0 spiro atoms. The predicted octanol–water partition coefficient (Wildman–Crippen LogP) is 5.18. The molecule has 0 aliphatic rings. The second kappa shape index (κ2) is 5.87. The number of pyridine rings is 1. The lowest BCUT2D eigenvalue weighted by molar-refractivity contribution is 0.460. The van der Waals surface area contributed by atoms with Gasteiger partial charge in [0.25, 0.3) is 0 Å². The largest absolute Gasteiger partial charge is 0.437 e. The Hall–Kier alpha value is -1.16. The van der Waals surface area contributed by atoms with Gasteiger partial charge in [0.2, 0.25) is 5.88 Å². The number of nitrogens with one attached hydrogen (secondary N) is 1. The summed E-state index contributed by atoms with van der Waals surface area (Å²) in [4.78, 5) is 4.22. The van der Waals surface area contributed by atoms with E-state index >= 15 is 0 Å². The monoisotopic (exact) mass is 316 g/mol. The topological polar surface area (TPSA) is 34.2 Å². The molecule has 0 atom stereocenters. The molecule has 0 saturated carbocycles. The predicted molar refractivity (Wildman–Crippen MR) is 80.1 cm³/mol. The Balaban J connectivity index is 2.40. The number of halogens is 3. The number of aromatic nitrogens is 1. The van der Waals surface area contributed by atoms with Crippen LogP contribution in [-0.2, 0) is 0 Å². The maximum atomic E-state index is 6.07. The normalized spacial score (nSPS) is 10.4. The molecule has 0 bridgehead atoms. The molecule has 0 unspecified atom stereocenters. The molecule has 6 heteroatoms. The summed E-state index contributed by atoms with van der Waals surface area (Å²) >= 11 is 18.0. The maximum absolute atomic E-state index is 6.07. The van der Waals surface area contributed by atoms with Crippen molar-refractivity contribution in [3.63, 3.8) is 0 Å². The van der Waals surface area contributed by atoms with Crippen molar-refractivity contribution in [2.45, 2.75) is 6.92 Å². The molecule has 0 aliphatic carbocycles. The van der Waals surface area contributed by atoms with Crippen LogP contribution >= 0.6 is 34.8 Å². The highest BCUT2D eigenvalue weighted by Crippen LogP contribution is 2.35. The Kier molecular flexibility index (Phi) is 4.40. The molecule has 0 fully saturated rings. The van der Waals surface area contributed by atoms with E-state index in [1.54, 1.807) is 25.2 Å². The molecule has 0 aliphatic heterocycles. The third-order valence-corrected chi connectivity index (χ3v) is 3.28. The van der Waals surface area contributed by atoms with Crippen LogP contribution in [0.5, 0.6) is 11.6 Å². The molecule has 3 nitrogen and oxygen atoms in total. The molecular formula is C13H11Cl3N2O. The maximum Gasteiger partial charge on any atom is 0.240 e. The smallest absolute Gasteiger partial charge is 0.240 e. The zero-order valence-electron chi connectivity index (χ0n) is 10.3. The average Bonchev–Trinajstić information content (AvgIpc) is 2.37. The Labute approximate surface area is 126 Å². The fourth-order valence-electron chi connectivity index (χ4n) is 1.48. The lowest BCUT2D eigenvalue weighted by Crippen LogP contribution is -1.97. The second-order valence-corrected chi connectivity index (χ2v) is 5.12. The number of hydrogen-bond donors (Lipinski definition) is 1. The minimum atomic E-state index is 0.279. The summed E-state index contributed by atoms with van der Waals surface area (Å²) in [5.41, 5.74) is 0.934. The van der Waals surface area contributed by atoms with E-state index in [1.165, 1.54) is 0 Å². The summed E-state index contributed by atoms with van der Waals surface area (Å²) in [6, 6.07) is 6.94. The summed E-state index contributed by atoms with van der Waals surface area (Å²) in [5.74, 6) is 1.38. The minimum absolute atomic E-state index is 0.279. The second-order valence-electron chi connectivity index (χ2n) is 3.87. The zero-order valence-corrected chi connectivity index (χ0v) is 12.6. The third kappa shape index (κ3) is 3.24. The molecule has 0 amide bonds. The van der Waals surface area contributed by atoms with Crippen LogP contribution in [0, 0.1) is 6.92 Å². The Bertz CT molecular complexity index is 617. The first-order chi connectivity index (χ1) is 9.01. The van der Waals surface area contributed by atoms with E-state index in [0.29, 0.717) is 26.6 Å². The molecule has 1 aromatic heterocycles. The molecule has 1 N–H and O–H groups in total. The lowest BCUT2D eigenvalue weighted by Gasteiger charge is -2.11. The Morgan fingerprint density at radius 3 is 2.53 bits per heavy atom. The minimum Gasteiger partial charge on any atom is -0.437 e. The molecule has 1 heterocycles. The Morgan fingerprint density at radius 2 is 1.84 bits per heavy atom. The molecule has 19 heavy (non-hydrogen) atoms. The van der Waals surface area contributed by atoms with Crippen molar-refractivity contribution in [1.82, 2.24) is 4.98 Å². The van der Waals surface area contributed by atoms with Crippen molar-refractivity contribution in [3.05, 3.63) is 44.9 Å². The van der Waals surface area contributed by atoms with Crippen LogP contribution in [-0.4, -0.2) is 12.0 Å². The van der Waals surface area contributed by atoms with E-state index in [4.69, 9.17) is 39.5 Å². The summed E-state index contributed by atoms with van der Waals surface area (Å²) < 4.78 is 5.69. The number of benzene rings is 1. The summed E-state index contributed by atoms with van der Waals surface area (Å²) in [5, 5.41) is 4.22. The van der Waals surface area contributed by atoms with Gasteiger partial charge >= 0.3 is 0 Å². The highest BCUT2D eigenvalue weighted by Gasteiger charge is 2.12. The van der Waals surface area contributed by atoms with E-state index in [0.717, 1.165) is 5.56 Å². The number of hydrogen-bond acceptors (Lipinski definition) is 3. The van der Waals surface area contributed by atoms with Crippen LogP contribution in [0.3, 0.4) is 0 Å². The number of aryl methyl sites for hydroxylation is 1. The summed E-state index contributed by atoms with van der Waals surface area (Å²) in [6.45, 7) is 1.91. The Morgan fingerprint density at radius 1 is 1.11 bits per heavy atom. The van der Waals surface area contributed by atoms with Gasteiger partial charge in [-0.2, -0.15) is 4.98 Å². The number of rotatable bonds is 3. The lowest BCUT2D eigenvalue weighted by atomic mass is 10.2. The van der Waals surface area contributed by atoms with E-state index in [9.17, 15) is 0 Å². The highest BCUT2D eigenvalue weighted by atomic mass is 35.5. The molecule has 2 aromatic rings. The van der Waals surface area contributed by atoms with Gasteiger partial charge in [-0.1, -0.05) is 40.9 Å². The van der Waals surface area contributed by atoms with Gasteiger partial charge in [-0.15, -0.1) is 0 Å². The first kappa shape index (κ1) is 14.3. The fourth-order valence-corrected chi connectivity index (χ4v) is 2.14. The zero-order chi connectivity index (χ0) is 14.0.